The number of aliphatic hydroxyl groups excluding tert-OH is 1. The second-order valence-electron chi connectivity index (χ2n) is 13.8. The predicted octanol–water partition coefficient (Wildman–Crippen LogP) is -7.55. The molecule has 35 heteroatoms. The molecule has 0 spiro atoms. The first-order valence-electron chi connectivity index (χ1n) is 19.5. The van der Waals surface area contributed by atoms with Gasteiger partial charge in [-0.1, -0.05) is 30.3 Å². The van der Waals surface area contributed by atoms with Crippen LogP contribution in [0.4, 0.5) is 17.2 Å². The van der Waals surface area contributed by atoms with Gasteiger partial charge < -0.3 is 97.7 Å². The summed E-state index contributed by atoms with van der Waals surface area (Å²) in [5.41, 5.74) is 46.9. The maximum Gasteiger partial charge on any atom is 0.318 e. The lowest BCUT2D eigenvalue weighted by Crippen LogP contribution is -2.58. The fourth-order valence-electron chi connectivity index (χ4n) is 5.73. The minimum absolute atomic E-state index is 0.0301. The quantitative estimate of drug-likeness (QED) is 0.0130. The number of nitrogens with zero attached hydrogens (tertiary/aromatic N) is 8. The first-order valence-corrected chi connectivity index (χ1v) is 19.5. The zero-order valence-electron chi connectivity index (χ0n) is 37.1. The van der Waals surface area contributed by atoms with E-state index in [0.717, 1.165) is 0 Å². The van der Waals surface area contributed by atoms with E-state index in [1.807, 2.05) is 16.0 Å². The Morgan fingerprint density at radius 3 is 1.56 bits per heavy atom. The molecule has 380 valence electrons. The number of amides is 6. The number of nitrogens with two attached hydrogens (primary N) is 9. The highest BCUT2D eigenvalue weighted by atomic mass is 16.6. The zero-order valence-corrected chi connectivity index (χ0v) is 37.1. The van der Waals surface area contributed by atoms with E-state index >= 15 is 0 Å². The Kier molecular flexibility index (Phi) is 19.3. The number of aliphatic imine (C=N–C) groups is 4. The van der Waals surface area contributed by atoms with Gasteiger partial charge in [0, 0.05) is 11.6 Å². The summed E-state index contributed by atoms with van der Waals surface area (Å²) in [5.74, 6) is -11.9. The van der Waals surface area contributed by atoms with E-state index in [1.54, 1.807) is 0 Å². The number of nitrogens with one attached hydrogen (secondary N) is 5. The number of hydrogen-bond donors (Lipinski definition) is 15. The van der Waals surface area contributed by atoms with Crippen molar-refractivity contribution in [1.82, 2.24) is 31.6 Å². The third-order valence-corrected chi connectivity index (χ3v) is 8.80. The molecule has 0 aliphatic carbocycles. The van der Waals surface area contributed by atoms with E-state index in [9.17, 15) is 54.1 Å². The maximum absolute atomic E-state index is 14.2. The standard InChI is InChI=1S/C36H48N22O13/c1-70-17-9-8-15(19(11-17)71-2)13-56(26-18(58(68)69)10-16(12-46-26)57(66)67)32(65)31(64)47-20(14-6-4-3-5-7-14)27(60)49-23(53-34(40)41)29(62)51-25(55-36(44)45)30(63)50-24(54-35(42)43)28(61)48-22(21(37)59)52-33(38)39/h3-12,20,22-25,32,65H,13H2,1-2H3,(H2,37,59)(H,47,64)(H,48,61)(H,49,60)(H,50,63)(H,51,62)(H4,38,39,52)(H4,40,41,53)(H4,42,43,54)(H4,44,45,55). The molecule has 1 aromatic heterocycles. The molecule has 0 bridgehead atoms. The highest BCUT2D eigenvalue weighted by Crippen LogP contribution is 2.34. The molecule has 24 N–H and O–H groups in total. The summed E-state index contributed by atoms with van der Waals surface area (Å²) in [6.45, 7) is -0.615. The molecule has 0 aliphatic rings. The summed E-state index contributed by atoms with van der Waals surface area (Å²) < 4.78 is 10.6. The Hall–Kier alpha value is -10.4. The van der Waals surface area contributed by atoms with E-state index in [-0.39, 0.29) is 16.9 Å². The van der Waals surface area contributed by atoms with Crippen molar-refractivity contribution in [1.29, 1.82) is 0 Å². The molecule has 0 aliphatic heterocycles. The molecule has 3 rings (SSSR count). The van der Waals surface area contributed by atoms with Crippen LogP contribution in [0.25, 0.3) is 0 Å². The fraction of sp³-hybridized carbons (Fsp3) is 0.250. The number of hydrogen-bond acceptors (Lipinski definition) is 19. The van der Waals surface area contributed by atoms with Crippen LogP contribution in [-0.4, -0.2) is 124 Å². The molecule has 0 fully saturated rings. The summed E-state index contributed by atoms with van der Waals surface area (Å²) in [4.78, 5) is 121. The molecule has 0 saturated heterocycles. The topological polar surface area (TPSA) is 587 Å². The van der Waals surface area contributed by atoms with Crippen LogP contribution in [0.15, 0.2) is 80.8 Å². The van der Waals surface area contributed by atoms with Crippen molar-refractivity contribution >= 4 is 76.5 Å². The highest BCUT2D eigenvalue weighted by Gasteiger charge is 2.37. The molecule has 6 unspecified atom stereocenters. The lowest BCUT2D eigenvalue weighted by molar-refractivity contribution is -0.394. The van der Waals surface area contributed by atoms with Crippen LogP contribution in [0, 0.1) is 20.2 Å². The average Bonchev–Trinajstić information content (AvgIpc) is 3.30. The largest absolute Gasteiger partial charge is 0.497 e. The van der Waals surface area contributed by atoms with Gasteiger partial charge in [-0.05, 0) is 17.7 Å². The van der Waals surface area contributed by atoms with Crippen molar-refractivity contribution in [2.24, 2.45) is 71.6 Å². The third kappa shape index (κ3) is 15.9. The number of aliphatic hydroxyl groups is 1. The molecule has 6 amide bonds. The van der Waals surface area contributed by atoms with Gasteiger partial charge in [-0.2, -0.15) is 0 Å². The molecule has 3 aromatic rings. The third-order valence-electron chi connectivity index (χ3n) is 8.80. The first-order chi connectivity index (χ1) is 33.4. The molecule has 71 heavy (non-hydrogen) atoms. The number of aromatic nitrogens is 1. The Morgan fingerprint density at radius 1 is 0.648 bits per heavy atom. The minimum atomic E-state index is -2.51. The zero-order chi connectivity index (χ0) is 53.3. The van der Waals surface area contributed by atoms with Gasteiger partial charge in [-0.25, -0.2) is 25.0 Å². The van der Waals surface area contributed by atoms with Gasteiger partial charge in [-0.15, -0.1) is 0 Å². The smallest absolute Gasteiger partial charge is 0.318 e. The van der Waals surface area contributed by atoms with Crippen LogP contribution in [0.1, 0.15) is 17.2 Å². The second-order valence-corrected chi connectivity index (χ2v) is 13.8. The van der Waals surface area contributed by atoms with Gasteiger partial charge >= 0.3 is 5.69 Å². The fourth-order valence-corrected chi connectivity index (χ4v) is 5.73. The van der Waals surface area contributed by atoms with Crippen molar-refractivity contribution in [2.75, 3.05) is 19.1 Å². The molecular weight excluding hydrogens is 949 g/mol. The summed E-state index contributed by atoms with van der Waals surface area (Å²) in [6.07, 6.45) is -10.4. The van der Waals surface area contributed by atoms with Crippen molar-refractivity contribution in [3.8, 4) is 11.5 Å². The lowest BCUT2D eigenvalue weighted by atomic mass is 10.1. The SMILES string of the molecule is COc1ccc(CN(c2ncc([N+](=O)[O-])cc2[N+](=O)[O-])C(O)C(=O)NC(C(=O)NC(N=C(N)N)C(=O)NC(N=C(N)N)C(=O)NC(N=C(N)N)C(=O)NC(N=C(N)N)C(N)=O)c2ccccc2)c(OC)c1. The predicted molar refractivity (Wildman–Crippen MR) is 247 cm³/mol. The second kappa shape index (κ2) is 25.0. The van der Waals surface area contributed by atoms with Crippen LogP contribution in [-0.2, 0) is 35.3 Å². The monoisotopic (exact) mass is 996 g/mol. The number of carbonyl (C=O) groups excluding carboxylic acids is 6. The molecule has 6 atom stereocenters. The molecule has 0 radical (unpaired) electrons. The highest BCUT2D eigenvalue weighted by molar-refractivity contribution is 5.99. The van der Waals surface area contributed by atoms with Crippen LogP contribution in [0.2, 0.25) is 0 Å². The van der Waals surface area contributed by atoms with Crippen LogP contribution in [0.5, 0.6) is 11.5 Å². The van der Waals surface area contributed by atoms with E-state index < -0.39 is 130 Å². The number of pyridine rings is 1. The van der Waals surface area contributed by atoms with E-state index in [2.05, 4.69) is 35.6 Å². The van der Waals surface area contributed by atoms with Crippen LogP contribution in [0.3, 0.4) is 0 Å². The Bertz CT molecular complexity index is 2620. The van der Waals surface area contributed by atoms with Crippen molar-refractivity contribution < 1.29 is 53.2 Å². The van der Waals surface area contributed by atoms with Gasteiger partial charge in [0.1, 0.15) is 23.7 Å². The molecule has 1 heterocycles. The van der Waals surface area contributed by atoms with Crippen LogP contribution >= 0.6 is 0 Å². The van der Waals surface area contributed by atoms with Crippen LogP contribution < -0.4 is 92.6 Å². The molecular formula is C36H48N22O13. The van der Waals surface area contributed by atoms with E-state index in [0.29, 0.717) is 22.9 Å². The van der Waals surface area contributed by atoms with Crippen molar-refractivity contribution in [3.05, 3.63) is 92.1 Å². The number of ether oxygens (including phenoxy) is 2. The summed E-state index contributed by atoms with van der Waals surface area (Å²) in [6, 6.07) is 9.92. The minimum Gasteiger partial charge on any atom is -0.497 e. The summed E-state index contributed by atoms with van der Waals surface area (Å²) in [5, 5.41) is 45.9. The van der Waals surface area contributed by atoms with Gasteiger partial charge in [0.15, 0.2) is 23.8 Å². The number of primary amides is 1. The number of anilines is 1. The number of rotatable bonds is 24. The molecule has 0 saturated carbocycles. The van der Waals surface area contributed by atoms with E-state index in [4.69, 9.17) is 61.1 Å². The Labute approximate surface area is 398 Å². The number of nitro groups is 2. The van der Waals surface area contributed by atoms with Gasteiger partial charge in [-0.3, -0.25) is 49.0 Å². The van der Waals surface area contributed by atoms with E-state index in [1.165, 1.54) is 62.8 Å². The Morgan fingerprint density at radius 2 is 1.13 bits per heavy atom. The average molecular weight is 997 g/mol. The van der Waals surface area contributed by atoms with Crippen molar-refractivity contribution in [2.45, 2.75) is 43.5 Å². The van der Waals surface area contributed by atoms with Gasteiger partial charge in [0.05, 0.1) is 36.7 Å². The number of guanidine groups is 4. The normalized spacial score (nSPS) is 12.9. The summed E-state index contributed by atoms with van der Waals surface area (Å²) >= 11 is 0. The Balaban J connectivity index is 2.05. The van der Waals surface area contributed by atoms with Gasteiger partial charge in [0.25, 0.3) is 35.2 Å². The summed E-state index contributed by atoms with van der Waals surface area (Å²) in [7, 11) is 2.62. The molecule has 2 aromatic carbocycles. The molecule has 35 nitrogen and oxygen atoms in total. The van der Waals surface area contributed by atoms with Crippen molar-refractivity contribution in [3.63, 3.8) is 0 Å². The van der Waals surface area contributed by atoms with Gasteiger partial charge in [0.2, 0.25) is 42.6 Å². The first kappa shape index (κ1) is 55.0. The number of methoxy groups -OCH3 is 2. The number of carbonyl (C=O) groups is 6. The maximum atomic E-state index is 14.2. The lowest BCUT2D eigenvalue weighted by Gasteiger charge is -2.30. The number of benzene rings is 2.